The van der Waals surface area contributed by atoms with Crippen molar-refractivity contribution in [1.82, 2.24) is 9.80 Å². The van der Waals surface area contributed by atoms with Crippen LogP contribution in [0.4, 0.5) is 4.79 Å². The fourth-order valence-corrected chi connectivity index (χ4v) is 7.97. The van der Waals surface area contributed by atoms with Gasteiger partial charge in [0.1, 0.15) is 23.9 Å². The van der Waals surface area contributed by atoms with Crippen molar-refractivity contribution in [2.24, 2.45) is 17.8 Å². The predicted molar refractivity (Wildman–Crippen MR) is 199 cm³/mol. The lowest BCUT2D eigenvalue weighted by molar-refractivity contribution is -0.157. The Kier molecular flexibility index (Phi) is 15.8. The number of nitrogens with zero attached hydrogens (tertiary/aromatic N) is 2. The molecule has 2 N–H and O–H groups in total. The molecule has 0 radical (unpaired) electrons. The summed E-state index contributed by atoms with van der Waals surface area (Å²) in [6.45, 7) is 16.3. The van der Waals surface area contributed by atoms with Crippen molar-refractivity contribution in [1.29, 1.82) is 0 Å². The van der Waals surface area contributed by atoms with Gasteiger partial charge in [-0.2, -0.15) is 0 Å². The van der Waals surface area contributed by atoms with E-state index < -0.39 is 41.9 Å². The average molecular weight is 731 g/mol. The van der Waals surface area contributed by atoms with Crippen LogP contribution in [-0.2, 0) is 28.5 Å². The molecule has 0 aliphatic carbocycles. The maximum Gasteiger partial charge on any atom is 0.410 e. The monoisotopic (exact) mass is 730 g/mol. The minimum absolute atomic E-state index is 0.0858. The zero-order valence-electron chi connectivity index (χ0n) is 32.7. The van der Waals surface area contributed by atoms with E-state index in [4.69, 9.17) is 18.9 Å². The summed E-state index contributed by atoms with van der Waals surface area (Å²) in [6, 6.07) is 0.476. The molecule has 0 aromatic heterocycles. The van der Waals surface area contributed by atoms with Gasteiger partial charge in [-0.1, -0.05) is 58.4 Å². The Labute approximate surface area is 311 Å². The molecule has 11 heteroatoms. The quantitative estimate of drug-likeness (QED) is 0.0842. The van der Waals surface area contributed by atoms with Gasteiger partial charge in [-0.05, 0) is 95.9 Å². The van der Waals surface area contributed by atoms with Crippen LogP contribution in [0.15, 0.2) is 36.0 Å². The number of likely N-dealkylation sites (tertiary alicyclic amines) is 2. The first kappa shape index (κ1) is 42.0. The van der Waals surface area contributed by atoms with E-state index in [0.29, 0.717) is 25.6 Å². The summed E-state index contributed by atoms with van der Waals surface area (Å²) in [4.78, 5) is 43.3. The molecule has 4 rings (SSSR count). The van der Waals surface area contributed by atoms with E-state index in [2.05, 4.69) is 17.9 Å². The summed E-state index contributed by atoms with van der Waals surface area (Å²) < 4.78 is 23.5. The van der Waals surface area contributed by atoms with Crippen molar-refractivity contribution >= 4 is 18.0 Å². The summed E-state index contributed by atoms with van der Waals surface area (Å²) in [7, 11) is 0. The van der Waals surface area contributed by atoms with Crippen molar-refractivity contribution in [3.8, 4) is 0 Å². The van der Waals surface area contributed by atoms with E-state index in [0.717, 1.165) is 37.9 Å². The van der Waals surface area contributed by atoms with Crippen LogP contribution in [0.5, 0.6) is 0 Å². The second-order valence-electron chi connectivity index (χ2n) is 16.1. The third-order valence-corrected chi connectivity index (χ3v) is 11.5. The molecule has 4 heterocycles. The van der Waals surface area contributed by atoms with E-state index in [1.807, 2.05) is 45.9 Å². The number of epoxide rings is 1. The first-order valence-corrected chi connectivity index (χ1v) is 19.8. The summed E-state index contributed by atoms with van der Waals surface area (Å²) >= 11 is 0. The van der Waals surface area contributed by atoms with Crippen LogP contribution in [0.2, 0.25) is 0 Å². The van der Waals surface area contributed by atoms with Crippen LogP contribution in [0.3, 0.4) is 0 Å². The van der Waals surface area contributed by atoms with Crippen LogP contribution in [0.25, 0.3) is 0 Å². The van der Waals surface area contributed by atoms with E-state index in [1.54, 1.807) is 17.9 Å². The van der Waals surface area contributed by atoms with Gasteiger partial charge in [-0.25, -0.2) is 4.79 Å². The molecule has 11 nitrogen and oxygen atoms in total. The molecule has 0 saturated carbocycles. The molecule has 0 spiro atoms. The topological polar surface area (TPSA) is 138 Å². The fourth-order valence-electron chi connectivity index (χ4n) is 7.97. The van der Waals surface area contributed by atoms with Crippen LogP contribution < -0.4 is 0 Å². The van der Waals surface area contributed by atoms with Crippen LogP contribution in [0.1, 0.15) is 113 Å². The van der Waals surface area contributed by atoms with Crippen LogP contribution >= 0.6 is 0 Å². The number of cyclic esters (lactones) is 1. The highest BCUT2D eigenvalue weighted by Crippen LogP contribution is 2.36. The number of piperidine rings is 2. The standard InChI is InChI=1S/C41H66N2O9/c1-8-34(45)30(5)39-35(51-39)25-27(2)13-12-14-28(3)38-29(4)15-16-36(49-31(6)44)41(7,48)20-17-33(26-37(46)52-38)50-40(47)43-23-18-32(19-24-43)42-21-10-9-11-22-42/h12-16,27,29-30,32-36,38-39,45,48H,8-11,17-26H2,1-7H3/b13-12+,16-15-,28-14+. The Bertz CT molecular complexity index is 1270. The van der Waals surface area contributed by atoms with Crippen molar-refractivity contribution < 1.29 is 43.5 Å². The zero-order valence-corrected chi connectivity index (χ0v) is 32.7. The van der Waals surface area contributed by atoms with Crippen molar-refractivity contribution in [2.75, 3.05) is 26.2 Å². The van der Waals surface area contributed by atoms with Gasteiger partial charge in [-0.3, -0.25) is 9.59 Å². The second-order valence-corrected chi connectivity index (χ2v) is 16.1. The number of aliphatic hydroxyl groups excluding tert-OH is 1. The van der Waals surface area contributed by atoms with Gasteiger partial charge in [0.05, 0.1) is 24.7 Å². The molecule has 0 aromatic carbocycles. The van der Waals surface area contributed by atoms with E-state index in [9.17, 15) is 24.6 Å². The Morgan fingerprint density at radius 3 is 2.40 bits per heavy atom. The minimum atomic E-state index is -1.47. The molecule has 1 amide bonds. The number of aliphatic hydroxyl groups is 2. The van der Waals surface area contributed by atoms with Gasteiger partial charge in [-0.15, -0.1) is 0 Å². The first-order chi connectivity index (χ1) is 24.7. The Balaban J connectivity index is 1.43. The number of hydrogen-bond donors (Lipinski definition) is 2. The number of hydrogen-bond acceptors (Lipinski definition) is 10. The molecule has 10 atom stereocenters. The fraction of sp³-hybridized carbons (Fsp3) is 0.780. The molecule has 294 valence electrons. The summed E-state index contributed by atoms with van der Waals surface area (Å²) in [5.74, 6) is -1.00. The molecule has 4 aliphatic rings. The maximum atomic E-state index is 13.5. The van der Waals surface area contributed by atoms with Crippen LogP contribution in [0, 0.1) is 17.8 Å². The second kappa shape index (κ2) is 19.6. The number of carbonyl (C=O) groups is 3. The van der Waals surface area contributed by atoms with Gasteiger partial charge in [0.25, 0.3) is 0 Å². The van der Waals surface area contributed by atoms with Gasteiger partial charge in [0.2, 0.25) is 0 Å². The Morgan fingerprint density at radius 1 is 1.06 bits per heavy atom. The highest BCUT2D eigenvalue weighted by atomic mass is 16.6. The largest absolute Gasteiger partial charge is 0.457 e. The molecule has 3 fully saturated rings. The lowest BCUT2D eigenvalue weighted by Crippen LogP contribution is -2.49. The van der Waals surface area contributed by atoms with Gasteiger partial charge in [0, 0.05) is 37.9 Å². The molecule has 0 bridgehead atoms. The average Bonchev–Trinajstić information content (AvgIpc) is 3.88. The summed E-state index contributed by atoms with van der Waals surface area (Å²) in [6.07, 6.45) is 13.7. The number of amides is 1. The minimum Gasteiger partial charge on any atom is -0.457 e. The van der Waals surface area contributed by atoms with Crippen LogP contribution in [-0.4, -0.2) is 112 Å². The highest BCUT2D eigenvalue weighted by Gasteiger charge is 2.45. The predicted octanol–water partition coefficient (Wildman–Crippen LogP) is 6.12. The van der Waals surface area contributed by atoms with Crippen molar-refractivity contribution in [3.63, 3.8) is 0 Å². The maximum absolute atomic E-state index is 13.5. The van der Waals surface area contributed by atoms with Crippen molar-refractivity contribution in [3.05, 3.63) is 36.0 Å². The molecule has 52 heavy (non-hydrogen) atoms. The van der Waals surface area contributed by atoms with Gasteiger partial charge < -0.3 is 39.0 Å². The molecular formula is C41H66N2O9. The van der Waals surface area contributed by atoms with E-state index >= 15 is 0 Å². The normalized spacial score (nSPS) is 34.0. The summed E-state index contributed by atoms with van der Waals surface area (Å²) in [5, 5.41) is 21.7. The third kappa shape index (κ3) is 12.4. The molecular weight excluding hydrogens is 664 g/mol. The molecule has 3 saturated heterocycles. The third-order valence-electron chi connectivity index (χ3n) is 11.5. The molecule has 0 aromatic rings. The Morgan fingerprint density at radius 2 is 1.75 bits per heavy atom. The summed E-state index contributed by atoms with van der Waals surface area (Å²) in [5.41, 5.74) is -0.662. The SMILES string of the molecule is CCC(O)C(C)C1OC1CC(C)/C=C/C=C(\C)C1OC(=O)CC(OC(=O)N2CCC(N3CCCCC3)CC2)CCC(C)(O)C(OC(C)=O)/C=C\C1C. The number of rotatable bonds is 11. The zero-order chi connectivity index (χ0) is 38.0. The van der Waals surface area contributed by atoms with Gasteiger partial charge in [0.15, 0.2) is 0 Å². The Hall–Kier alpha value is -2.73. The number of allylic oxidation sites excluding steroid dienone is 3. The smallest absolute Gasteiger partial charge is 0.410 e. The van der Waals surface area contributed by atoms with Crippen molar-refractivity contribution in [2.45, 2.75) is 161 Å². The number of ether oxygens (including phenoxy) is 4. The lowest BCUT2D eigenvalue weighted by Gasteiger charge is -2.40. The number of carbonyl (C=O) groups excluding carboxylic acids is 3. The lowest BCUT2D eigenvalue weighted by atomic mass is 9.88. The number of esters is 2. The molecule has 10 unspecified atom stereocenters. The molecule has 4 aliphatic heterocycles. The van der Waals surface area contributed by atoms with E-state index in [1.165, 1.54) is 26.2 Å². The van der Waals surface area contributed by atoms with E-state index in [-0.39, 0.29) is 55.3 Å². The van der Waals surface area contributed by atoms with Gasteiger partial charge >= 0.3 is 18.0 Å². The highest BCUT2D eigenvalue weighted by molar-refractivity contribution is 5.72. The first-order valence-electron chi connectivity index (χ1n) is 19.8.